The van der Waals surface area contributed by atoms with Crippen molar-refractivity contribution < 1.29 is 4.79 Å². The lowest BCUT2D eigenvalue weighted by Gasteiger charge is -2.36. The largest absolute Gasteiger partial charge is 0.352 e. The van der Waals surface area contributed by atoms with Crippen LogP contribution in [0.25, 0.3) is 0 Å². The summed E-state index contributed by atoms with van der Waals surface area (Å²) >= 11 is 0. The molecule has 1 aliphatic rings. The molecule has 1 aromatic heterocycles. The fourth-order valence-corrected chi connectivity index (χ4v) is 2.62. The molecule has 1 fully saturated rings. The van der Waals surface area contributed by atoms with Crippen molar-refractivity contribution in [2.45, 2.75) is 44.8 Å². The Morgan fingerprint density at radius 2 is 1.95 bits per heavy atom. The minimum atomic E-state index is -0.427. The number of nitrogens with one attached hydrogen (secondary N) is 1. The smallest absolute Gasteiger partial charge is 0.236 e. The summed E-state index contributed by atoms with van der Waals surface area (Å²) in [5.41, 5.74) is 6.87. The van der Waals surface area contributed by atoms with Crippen LogP contribution in [0.2, 0.25) is 0 Å². The highest BCUT2D eigenvalue weighted by Crippen LogP contribution is 2.23. The van der Waals surface area contributed by atoms with Crippen molar-refractivity contribution in [2.75, 3.05) is 13.1 Å². The van der Waals surface area contributed by atoms with Gasteiger partial charge in [-0.3, -0.25) is 14.7 Å². The molecule has 5 nitrogen and oxygen atoms in total. The van der Waals surface area contributed by atoms with E-state index in [-0.39, 0.29) is 11.9 Å². The second-order valence-electron chi connectivity index (χ2n) is 5.56. The summed E-state index contributed by atoms with van der Waals surface area (Å²) in [6.07, 6.45) is 5.63. The Kier molecular flexibility index (Phi) is 5.09. The molecule has 1 saturated heterocycles. The summed E-state index contributed by atoms with van der Waals surface area (Å²) in [5.74, 6) is -0.0503. The van der Waals surface area contributed by atoms with Crippen LogP contribution in [-0.2, 0) is 4.79 Å². The Balaban J connectivity index is 1.84. The van der Waals surface area contributed by atoms with Gasteiger partial charge in [0.2, 0.25) is 5.91 Å². The van der Waals surface area contributed by atoms with Gasteiger partial charge in [-0.05, 0) is 44.4 Å². The molecule has 0 radical (unpaired) electrons. The number of pyridine rings is 1. The summed E-state index contributed by atoms with van der Waals surface area (Å²) < 4.78 is 0. The van der Waals surface area contributed by atoms with Crippen LogP contribution >= 0.6 is 0 Å². The van der Waals surface area contributed by atoms with E-state index < -0.39 is 6.04 Å². The molecule has 1 aromatic rings. The average molecular weight is 276 g/mol. The SMILES string of the molecule is CC(c1ccncc1)N1CCC(NC(=O)[C@@H](C)N)CC1. The van der Waals surface area contributed by atoms with Gasteiger partial charge in [-0.25, -0.2) is 0 Å². The molecule has 0 spiro atoms. The number of piperidine rings is 1. The van der Waals surface area contributed by atoms with Crippen LogP contribution in [-0.4, -0.2) is 41.0 Å². The Morgan fingerprint density at radius 3 is 2.50 bits per heavy atom. The molecule has 2 heterocycles. The summed E-state index contributed by atoms with van der Waals surface area (Å²) in [5, 5.41) is 3.02. The van der Waals surface area contributed by atoms with E-state index in [1.807, 2.05) is 12.4 Å². The van der Waals surface area contributed by atoms with Gasteiger partial charge in [0, 0.05) is 37.6 Å². The maximum absolute atomic E-state index is 11.6. The third-order valence-electron chi connectivity index (χ3n) is 4.03. The first-order chi connectivity index (χ1) is 9.58. The number of hydrogen-bond donors (Lipinski definition) is 2. The third kappa shape index (κ3) is 3.77. The lowest BCUT2D eigenvalue weighted by atomic mass is 10.0. The number of nitrogens with zero attached hydrogens (tertiary/aromatic N) is 2. The minimum Gasteiger partial charge on any atom is -0.352 e. The van der Waals surface area contributed by atoms with E-state index in [2.05, 4.69) is 34.3 Å². The van der Waals surface area contributed by atoms with Gasteiger partial charge in [-0.2, -0.15) is 0 Å². The fraction of sp³-hybridized carbons (Fsp3) is 0.600. The van der Waals surface area contributed by atoms with E-state index in [9.17, 15) is 4.79 Å². The quantitative estimate of drug-likeness (QED) is 0.863. The third-order valence-corrected chi connectivity index (χ3v) is 4.03. The maximum atomic E-state index is 11.6. The minimum absolute atomic E-state index is 0.0503. The Hall–Kier alpha value is -1.46. The second kappa shape index (κ2) is 6.81. The molecule has 3 N–H and O–H groups in total. The van der Waals surface area contributed by atoms with Crippen molar-refractivity contribution in [3.8, 4) is 0 Å². The number of carbonyl (C=O) groups excluding carboxylic acids is 1. The number of rotatable bonds is 4. The molecule has 2 atom stereocenters. The van der Waals surface area contributed by atoms with Crippen molar-refractivity contribution in [1.29, 1.82) is 0 Å². The summed E-state index contributed by atoms with van der Waals surface area (Å²) in [6.45, 7) is 5.92. The van der Waals surface area contributed by atoms with Gasteiger partial charge in [-0.1, -0.05) is 0 Å². The summed E-state index contributed by atoms with van der Waals surface area (Å²) in [4.78, 5) is 18.1. The number of likely N-dealkylation sites (tertiary alicyclic amines) is 1. The zero-order valence-corrected chi connectivity index (χ0v) is 12.2. The van der Waals surface area contributed by atoms with Crippen LogP contribution in [0.5, 0.6) is 0 Å². The van der Waals surface area contributed by atoms with E-state index in [0.29, 0.717) is 6.04 Å². The van der Waals surface area contributed by atoms with Crippen LogP contribution in [0.4, 0.5) is 0 Å². The average Bonchev–Trinajstić information content (AvgIpc) is 2.48. The van der Waals surface area contributed by atoms with Gasteiger partial charge in [0.15, 0.2) is 0 Å². The first-order valence-electron chi connectivity index (χ1n) is 7.28. The first kappa shape index (κ1) is 14.9. The van der Waals surface area contributed by atoms with Crippen molar-refractivity contribution in [3.05, 3.63) is 30.1 Å². The van der Waals surface area contributed by atoms with Crippen molar-refractivity contribution in [1.82, 2.24) is 15.2 Å². The molecule has 0 saturated carbocycles. The zero-order chi connectivity index (χ0) is 14.5. The molecular formula is C15H24N4O. The molecule has 110 valence electrons. The Labute approximate surface area is 120 Å². The van der Waals surface area contributed by atoms with Crippen LogP contribution in [0.3, 0.4) is 0 Å². The standard InChI is InChI=1S/C15H24N4O/c1-11(16)15(20)18-14-5-9-19(10-6-14)12(2)13-3-7-17-8-4-13/h3-4,7-8,11-12,14H,5-6,9-10,16H2,1-2H3,(H,18,20)/t11-,12?/m1/s1. The van der Waals surface area contributed by atoms with Gasteiger partial charge in [0.25, 0.3) is 0 Å². The van der Waals surface area contributed by atoms with Gasteiger partial charge in [0.1, 0.15) is 0 Å². The molecule has 0 bridgehead atoms. The molecule has 0 aliphatic carbocycles. The van der Waals surface area contributed by atoms with Crippen molar-refractivity contribution in [2.24, 2.45) is 5.73 Å². The topological polar surface area (TPSA) is 71.2 Å². The number of nitrogens with two attached hydrogens (primary N) is 1. The van der Waals surface area contributed by atoms with Crippen molar-refractivity contribution in [3.63, 3.8) is 0 Å². The van der Waals surface area contributed by atoms with E-state index in [1.165, 1.54) is 5.56 Å². The number of amides is 1. The normalized spacial score (nSPS) is 20.4. The highest BCUT2D eigenvalue weighted by atomic mass is 16.2. The van der Waals surface area contributed by atoms with Crippen molar-refractivity contribution >= 4 is 5.91 Å². The fourth-order valence-electron chi connectivity index (χ4n) is 2.62. The summed E-state index contributed by atoms with van der Waals surface area (Å²) in [7, 11) is 0. The van der Waals surface area contributed by atoms with Crippen LogP contribution in [0, 0.1) is 0 Å². The monoisotopic (exact) mass is 276 g/mol. The highest BCUT2D eigenvalue weighted by Gasteiger charge is 2.24. The first-order valence-corrected chi connectivity index (χ1v) is 7.28. The Bertz CT molecular complexity index is 427. The predicted molar refractivity (Wildman–Crippen MR) is 79.0 cm³/mol. The molecule has 2 rings (SSSR count). The lowest BCUT2D eigenvalue weighted by Crippen LogP contribution is -2.49. The van der Waals surface area contributed by atoms with Gasteiger partial charge < -0.3 is 11.1 Å². The lowest BCUT2D eigenvalue weighted by molar-refractivity contribution is -0.123. The molecule has 1 unspecified atom stereocenters. The van der Waals surface area contributed by atoms with E-state index in [1.54, 1.807) is 6.92 Å². The molecule has 0 aromatic carbocycles. The van der Waals surface area contributed by atoms with Gasteiger partial charge in [-0.15, -0.1) is 0 Å². The van der Waals surface area contributed by atoms with Crippen LogP contribution < -0.4 is 11.1 Å². The predicted octanol–water partition coefficient (Wildman–Crippen LogP) is 1.07. The number of hydrogen-bond acceptors (Lipinski definition) is 4. The zero-order valence-electron chi connectivity index (χ0n) is 12.2. The number of carbonyl (C=O) groups is 1. The Morgan fingerprint density at radius 1 is 1.35 bits per heavy atom. The van der Waals surface area contributed by atoms with Gasteiger partial charge in [0.05, 0.1) is 6.04 Å². The molecular weight excluding hydrogens is 252 g/mol. The van der Waals surface area contributed by atoms with Gasteiger partial charge >= 0.3 is 0 Å². The van der Waals surface area contributed by atoms with Crippen LogP contribution in [0.1, 0.15) is 38.3 Å². The van der Waals surface area contributed by atoms with Crippen LogP contribution in [0.15, 0.2) is 24.5 Å². The van der Waals surface area contributed by atoms with E-state index in [4.69, 9.17) is 5.73 Å². The number of aromatic nitrogens is 1. The molecule has 20 heavy (non-hydrogen) atoms. The highest BCUT2D eigenvalue weighted by molar-refractivity contribution is 5.81. The second-order valence-corrected chi connectivity index (χ2v) is 5.56. The van der Waals surface area contributed by atoms with E-state index in [0.717, 1.165) is 25.9 Å². The maximum Gasteiger partial charge on any atom is 0.236 e. The van der Waals surface area contributed by atoms with E-state index >= 15 is 0 Å². The summed E-state index contributed by atoms with van der Waals surface area (Å²) in [6, 6.07) is 4.35. The molecule has 1 aliphatic heterocycles. The molecule has 5 heteroatoms. The molecule has 1 amide bonds.